The van der Waals surface area contributed by atoms with Crippen LogP contribution in [0.4, 0.5) is 0 Å². The molecular weight excluding hydrogens is 200 g/mol. The third-order valence-corrected chi connectivity index (χ3v) is 5.13. The van der Waals surface area contributed by atoms with Gasteiger partial charge in [0.1, 0.15) is 0 Å². The monoisotopic (exact) mass is 218 g/mol. The molecule has 0 saturated heterocycles. The van der Waals surface area contributed by atoms with E-state index in [4.69, 9.17) is 0 Å². The Hall–Kier alpha value is -0.820. The number of benzene rings is 1. The molecule has 1 aliphatic rings. The van der Waals surface area contributed by atoms with Gasteiger partial charge in [-0.25, -0.2) is 0 Å². The van der Waals surface area contributed by atoms with Crippen molar-refractivity contribution in [2.75, 3.05) is 6.26 Å². The molecule has 0 saturated carbocycles. The van der Waals surface area contributed by atoms with Gasteiger partial charge < -0.3 is 0 Å². The van der Waals surface area contributed by atoms with Gasteiger partial charge in [0.2, 0.25) is 0 Å². The first-order chi connectivity index (χ1) is 7.27. The second kappa shape index (κ2) is 4.80. The van der Waals surface area contributed by atoms with Crippen molar-refractivity contribution in [3.05, 3.63) is 42.0 Å². The van der Waals surface area contributed by atoms with Crippen molar-refractivity contribution in [2.45, 2.75) is 31.1 Å². The molecule has 0 heterocycles. The van der Waals surface area contributed by atoms with Gasteiger partial charge in [0.25, 0.3) is 0 Å². The van der Waals surface area contributed by atoms with Gasteiger partial charge in [-0.15, -0.1) is 0 Å². The molecule has 1 aromatic rings. The molecule has 0 spiro atoms. The van der Waals surface area contributed by atoms with Crippen molar-refractivity contribution >= 4 is 15.3 Å². The van der Waals surface area contributed by atoms with E-state index in [1.165, 1.54) is 29.7 Å². The lowest BCUT2D eigenvalue weighted by Crippen LogP contribution is -2.00. The first kappa shape index (κ1) is 10.7. The minimum Gasteiger partial charge on any atom is -0.158 e. The molecule has 0 nitrogen and oxygen atoms in total. The minimum absolute atomic E-state index is 0.337. The summed E-state index contributed by atoms with van der Waals surface area (Å²) in [6.45, 7) is 2.15. The molecule has 0 amide bonds. The Balaban J connectivity index is 2.30. The average Bonchev–Trinajstić information content (AvgIpc) is 2.30. The van der Waals surface area contributed by atoms with Crippen LogP contribution >= 0.6 is 10.5 Å². The van der Waals surface area contributed by atoms with Crippen LogP contribution in [0.15, 0.2) is 41.3 Å². The summed E-state index contributed by atoms with van der Waals surface area (Å²) in [6, 6.07) is 9.00. The number of hydrogen-bond acceptors (Lipinski definition) is 0. The molecule has 2 rings (SSSR count). The molecule has 1 aliphatic carbocycles. The van der Waals surface area contributed by atoms with Crippen LogP contribution in [0.3, 0.4) is 0 Å². The molecule has 0 fully saturated rings. The number of rotatable bonds is 1. The predicted octanol–water partition coefficient (Wildman–Crippen LogP) is 4.17. The summed E-state index contributed by atoms with van der Waals surface area (Å²) in [5.41, 5.74) is 1.35. The van der Waals surface area contributed by atoms with Gasteiger partial charge >= 0.3 is 0 Å². The van der Waals surface area contributed by atoms with Crippen molar-refractivity contribution < 1.29 is 0 Å². The molecule has 1 aromatic carbocycles. The van der Waals surface area contributed by atoms with Gasteiger partial charge in [-0.1, -0.05) is 29.8 Å². The fraction of sp³-hybridized carbons (Fsp3) is 0.357. The summed E-state index contributed by atoms with van der Waals surface area (Å²) in [4.78, 5) is 3.20. The Morgan fingerprint density at radius 2 is 1.80 bits per heavy atom. The van der Waals surface area contributed by atoms with Gasteiger partial charge in [0.15, 0.2) is 0 Å². The highest BCUT2D eigenvalue weighted by molar-refractivity contribution is 8.15. The normalized spacial score (nSPS) is 20.3. The number of allylic oxidation sites excluding steroid dienone is 2. The maximum absolute atomic E-state index is 2.36. The average molecular weight is 218 g/mol. The van der Waals surface area contributed by atoms with Crippen LogP contribution in [-0.2, 0) is 0 Å². The van der Waals surface area contributed by atoms with E-state index in [1.54, 1.807) is 4.86 Å². The number of hydrogen-bond donors (Lipinski definition) is 0. The second-order valence-corrected chi connectivity index (χ2v) is 6.15. The van der Waals surface area contributed by atoms with E-state index in [0.717, 1.165) is 0 Å². The SMILES string of the molecule is Cc1ccc(S(C)=C2CC=CCC2)cc1. The molecule has 15 heavy (non-hydrogen) atoms. The third-order valence-electron chi connectivity index (χ3n) is 2.91. The lowest BCUT2D eigenvalue weighted by Gasteiger charge is -2.14. The van der Waals surface area contributed by atoms with Gasteiger partial charge in [-0.3, -0.25) is 0 Å². The Kier molecular flexibility index (Phi) is 3.42. The van der Waals surface area contributed by atoms with Gasteiger partial charge in [-0.05, 0) is 49.4 Å². The van der Waals surface area contributed by atoms with Crippen molar-refractivity contribution in [1.82, 2.24) is 0 Å². The standard InChI is InChI=1S/C14H18S/c1-12-8-10-14(11-9-12)15(2)13-6-4-3-5-7-13/h3-4,8-11H,5-7H2,1-2H3. The first-order valence-corrected chi connectivity index (χ1v) is 7.13. The van der Waals surface area contributed by atoms with E-state index in [2.05, 4.69) is 49.6 Å². The van der Waals surface area contributed by atoms with E-state index in [1.807, 2.05) is 0 Å². The van der Waals surface area contributed by atoms with E-state index in [9.17, 15) is 0 Å². The largest absolute Gasteiger partial charge is 0.158 e. The zero-order chi connectivity index (χ0) is 10.7. The highest BCUT2D eigenvalue weighted by Gasteiger charge is 2.05. The Morgan fingerprint density at radius 1 is 1.07 bits per heavy atom. The lowest BCUT2D eigenvalue weighted by molar-refractivity contribution is 1.05. The van der Waals surface area contributed by atoms with Crippen LogP contribution in [0.5, 0.6) is 0 Å². The molecule has 0 aromatic heterocycles. The summed E-state index contributed by atoms with van der Waals surface area (Å²) in [6.07, 6.45) is 10.7. The topological polar surface area (TPSA) is 0 Å². The zero-order valence-electron chi connectivity index (χ0n) is 9.49. The molecule has 0 radical (unpaired) electrons. The zero-order valence-corrected chi connectivity index (χ0v) is 10.3. The van der Waals surface area contributed by atoms with E-state index in [-0.39, 0.29) is 0 Å². The maximum Gasteiger partial charge on any atom is 0.00138 e. The fourth-order valence-electron chi connectivity index (χ4n) is 1.87. The van der Waals surface area contributed by atoms with E-state index < -0.39 is 0 Å². The van der Waals surface area contributed by atoms with Crippen molar-refractivity contribution in [3.63, 3.8) is 0 Å². The Bertz CT molecular complexity index is 396. The van der Waals surface area contributed by atoms with Crippen molar-refractivity contribution in [3.8, 4) is 0 Å². The Labute approximate surface area is 95.0 Å². The van der Waals surface area contributed by atoms with Crippen LogP contribution in [0, 0.1) is 6.92 Å². The third kappa shape index (κ3) is 2.60. The van der Waals surface area contributed by atoms with Gasteiger partial charge in [-0.2, -0.15) is 10.5 Å². The maximum atomic E-state index is 2.36. The highest BCUT2D eigenvalue weighted by Crippen LogP contribution is 2.28. The van der Waals surface area contributed by atoms with Crippen LogP contribution in [0.25, 0.3) is 0 Å². The summed E-state index contributed by atoms with van der Waals surface area (Å²) in [7, 11) is 0.337. The summed E-state index contributed by atoms with van der Waals surface area (Å²) in [5, 5.41) is 0. The van der Waals surface area contributed by atoms with Crippen molar-refractivity contribution in [2.24, 2.45) is 0 Å². The molecule has 0 aliphatic heterocycles. The second-order valence-electron chi connectivity index (χ2n) is 4.08. The molecule has 1 unspecified atom stereocenters. The first-order valence-electron chi connectivity index (χ1n) is 5.49. The van der Waals surface area contributed by atoms with Gasteiger partial charge in [0, 0.05) is 4.90 Å². The van der Waals surface area contributed by atoms with Crippen LogP contribution in [0.1, 0.15) is 24.8 Å². The molecule has 80 valence electrons. The fourth-order valence-corrected chi connectivity index (χ4v) is 3.51. The summed E-state index contributed by atoms with van der Waals surface area (Å²) < 4.78 is 0. The van der Waals surface area contributed by atoms with E-state index >= 15 is 0 Å². The minimum atomic E-state index is 0.337. The quantitative estimate of drug-likeness (QED) is 0.490. The molecule has 1 atom stereocenters. The molecule has 0 N–H and O–H groups in total. The number of aryl methyl sites for hydroxylation is 1. The Morgan fingerprint density at radius 3 is 2.40 bits per heavy atom. The predicted molar refractivity (Wildman–Crippen MR) is 71.0 cm³/mol. The van der Waals surface area contributed by atoms with Crippen LogP contribution in [-0.4, -0.2) is 11.1 Å². The summed E-state index contributed by atoms with van der Waals surface area (Å²) >= 11 is 0. The molecular formula is C14H18S. The van der Waals surface area contributed by atoms with E-state index in [0.29, 0.717) is 10.5 Å². The highest BCUT2D eigenvalue weighted by atomic mass is 32.2. The lowest BCUT2D eigenvalue weighted by atomic mass is 10.1. The smallest absolute Gasteiger partial charge is 0.00138 e. The molecule has 0 bridgehead atoms. The van der Waals surface area contributed by atoms with Crippen molar-refractivity contribution in [1.29, 1.82) is 0 Å². The summed E-state index contributed by atoms with van der Waals surface area (Å²) in [5.74, 6) is 0. The van der Waals surface area contributed by atoms with Crippen LogP contribution < -0.4 is 0 Å². The molecule has 1 heteroatoms. The van der Waals surface area contributed by atoms with Crippen LogP contribution in [0.2, 0.25) is 0 Å². The van der Waals surface area contributed by atoms with Gasteiger partial charge in [0.05, 0.1) is 0 Å².